The number of anilines is 2. The molecule has 2 fully saturated rings. The van der Waals surface area contributed by atoms with E-state index < -0.39 is 7.44 Å². The fourth-order valence-electron chi connectivity index (χ4n) is 4.82. The second kappa shape index (κ2) is 8.58. The van der Waals surface area contributed by atoms with Crippen molar-refractivity contribution in [2.24, 2.45) is 0 Å². The Morgan fingerprint density at radius 3 is 1.77 bits per heavy atom. The summed E-state index contributed by atoms with van der Waals surface area (Å²) in [5.41, 5.74) is 2.11. The van der Waals surface area contributed by atoms with Gasteiger partial charge in [-0.25, -0.2) is 0 Å². The predicted molar refractivity (Wildman–Crippen MR) is 128 cm³/mol. The average Bonchev–Trinajstić information content (AvgIpc) is 3.44. The van der Waals surface area contributed by atoms with Gasteiger partial charge in [0.1, 0.15) is 5.78 Å². The van der Waals surface area contributed by atoms with E-state index in [4.69, 9.17) is 0 Å². The highest BCUT2D eigenvalue weighted by molar-refractivity contribution is 7.68. The van der Waals surface area contributed by atoms with Gasteiger partial charge in [-0.3, -0.25) is 9.46 Å². The first-order valence-electron chi connectivity index (χ1n) is 10.8. The lowest BCUT2D eigenvalue weighted by Crippen LogP contribution is -2.38. The summed E-state index contributed by atoms with van der Waals surface area (Å²) in [5, 5.41) is 2.12. The number of thiophene rings is 1. The maximum absolute atomic E-state index is 15.4. The molecule has 6 heteroatoms. The van der Waals surface area contributed by atoms with Crippen molar-refractivity contribution >= 4 is 30.2 Å². The number of likely N-dealkylation sites (tertiary alicyclic amines) is 1. The standard InChI is InChI=1S/C24H28N3OPS/c28-29(24(23-15-10-20-30-23)25-16-8-3-9-17-25)26(21-11-4-1-5-12-21)18-19-27(29)22-13-6-2-7-14-22/h1-2,4-7,10-15,20,24H,3,8-9,16-19H2. The van der Waals surface area contributed by atoms with E-state index in [0.717, 1.165) is 37.6 Å². The van der Waals surface area contributed by atoms with Crippen LogP contribution >= 0.6 is 18.8 Å². The SMILES string of the molecule is O=P1(C(c2cccs2)N2CCCCC2)N(c2ccccc2)CCN1c1ccccc1. The molecule has 3 aromatic rings. The van der Waals surface area contributed by atoms with Crippen molar-refractivity contribution in [3.63, 3.8) is 0 Å². The molecular weight excluding hydrogens is 409 g/mol. The minimum Gasteiger partial charge on any atom is -0.304 e. The second-order valence-corrected chi connectivity index (χ2v) is 11.6. The van der Waals surface area contributed by atoms with Crippen LogP contribution in [0.5, 0.6) is 0 Å². The lowest BCUT2D eigenvalue weighted by molar-refractivity contribution is 0.208. The largest absolute Gasteiger partial charge is 0.304 e. The highest BCUT2D eigenvalue weighted by atomic mass is 32.1. The van der Waals surface area contributed by atoms with E-state index in [1.807, 2.05) is 36.4 Å². The topological polar surface area (TPSA) is 26.8 Å². The number of rotatable bonds is 5. The van der Waals surface area contributed by atoms with Gasteiger partial charge in [0.25, 0.3) is 7.44 Å². The zero-order valence-electron chi connectivity index (χ0n) is 17.1. The number of hydrogen-bond donors (Lipinski definition) is 0. The Hall–Kier alpha value is -2.07. The molecule has 3 heterocycles. The molecule has 156 valence electrons. The van der Waals surface area contributed by atoms with Gasteiger partial charge in [-0.05, 0) is 61.6 Å². The summed E-state index contributed by atoms with van der Waals surface area (Å²) in [6.07, 6.45) is 3.62. The van der Waals surface area contributed by atoms with Crippen molar-refractivity contribution < 1.29 is 4.57 Å². The Morgan fingerprint density at radius 1 is 0.700 bits per heavy atom. The fraction of sp³-hybridized carbons (Fsp3) is 0.333. The summed E-state index contributed by atoms with van der Waals surface area (Å²) in [4.78, 5) is 3.71. The van der Waals surface area contributed by atoms with E-state index >= 15 is 4.57 Å². The number of piperidine rings is 1. The highest BCUT2D eigenvalue weighted by Gasteiger charge is 2.52. The summed E-state index contributed by atoms with van der Waals surface area (Å²) in [6, 6.07) is 24.9. The average molecular weight is 438 g/mol. The molecule has 0 aliphatic carbocycles. The van der Waals surface area contributed by atoms with Gasteiger partial charge in [0.15, 0.2) is 0 Å². The molecule has 1 atom stereocenters. The molecule has 0 spiro atoms. The van der Waals surface area contributed by atoms with Crippen molar-refractivity contribution in [2.75, 3.05) is 35.5 Å². The normalized spacial score (nSPS) is 20.4. The maximum atomic E-state index is 15.4. The number of nitrogens with zero attached hydrogens (tertiary/aromatic N) is 3. The molecule has 30 heavy (non-hydrogen) atoms. The quantitative estimate of drug-likeness (QED) is 0.429. The van der Waals surface area contributed by atoms with E-state index in [2.05, 4.69) is 56.0 Å². The molecule has 2 aliphatic heterocycles. The first kappa shape index (κ1) is 19.9. The van der Waals surface area contributed by atoms with Gasteiger partial charge in [-0.2, -0.15) is 0 Å². The molecule has 2 aromatic carbocycles. The molecule has 0 saturated carbocycles. The first-order valence-corrected chi connectivity index (χ1v) is 13.4. The second-order valence-electron chi connectivity index (χ2n) is 7.99. The monoisotopic (exact) mass is 437 g/mol. The van der Waals surface area contributed by atoms with Crippen LogP contribution in [-0.4, -0.2) is 31.1 Å². The van der Waals surface area contributed by atoms with Crippen LogP contribution < -0.4 is 9.34 Å². The molecule has 0 amide bonds. The van der Waals surface area contributed by atoms with Gasteiger partial charge < -0.3 is 9.34 Å². The van der Waals surface area contributed by atoms with Crippen LogP contribution in [0.3, 0.4) is 0 Å². The molecule has 4 nitrogen and oxygen atoms in total. The molecule has 2 aliphatic rings. The third kappa shape index (κ3) is 3.49. The number of benzene rings is 2. The molecular formula is C24H28N3OPS. The molecule has 0 bridgehead atoms. The van der Waals surface area contributed by atoms with Crippen LogP contribution in [0, 0.1) is 0 Å². The lowest BCUT2D eigenvalue weighted by Gasteiger charge is -2.43. The molecule has 0 radical (unpaired) electrons. The molecule has 2 saturated heterocycles. The van der Waals surface area contributed by atoms with E-state index in [-0.39, 0.29) is 5.78 Å². The summed E-state index contributed by atoms with van der Waals surface area (Å²) in [7, 11) is -3.00. The Kier molecular flexibility index (Phi) is 5.68. The third-order valence-electron chi connectivity index (χ3n) is 6.18. The van der Waals surface area contributed by atoms with E-state index in [1.165, 1.54) is 24.1 Å². The van der Waals surface area contributed by atoms with E-state index in [1.54, 1.807) is 11.3 Å². The highest BCUT2D eigenvalue weighted by Crippen LogP contribution is 2.70. The van der Waals surface area contributed by atoms with Crippen molar-refractivity contribution in [3.8, 4) is 0 Å². The summed E-state index contributed by atoms with van der Waals surface area (Å²) in [6.45, 7) is 3.56. The van der Waals surface area contributed by atoms with Gasteiger partial charge in [0, 0.05) is 29.3 Å². The van der Waals surface area contributed by atoms with Gasteiger partial charge >= 0.3 is 0 Å². The third-order valence-corrected chi connectivity index (χ3v) is 10.8. The van der Waals surface area contributed by atoms with E-state index in [0.29, 0.717) is 0 Å². The van der Waals surface area contributed by atoms with Crippen LogP contribution in [0.1, 0.15) is 29.9 Å². The van der Waals surface area contributed by atoms with Gasteiger partial charge in [-0.15, -0.1) is 11.3 Å². The minimum atomic E-state index is -3.00. The van der Waals surface area contributed by atoms with Crippen LogP contribution in [0.25, 0.3) is 0 Å². The van der Waals surface area contributed by atoms with Crippen molar-refractivity contribution in [1.82, 2.24) is 4.90 Å². The van der Waals surface area contributed by atoms with Crippen LogP contribution in [0.2, 0.25) is 0 Å². The molecule has 1 unspecified atom stereocenters. The summed E-state index contributed by atoms with van der Waals surface area (Å²) < 4.78 is 19.8. The number of hydrogen-bond acceptors (Lipinski definition) is 3. The zero-order valence-corrected chi connectivity index (χ0v) is 18.8. The Labute approximate surface area is 183 Å². The summed E-state index contributed by atoms with van der Waals surface area (Å²) >= 11 is 1.74. The molecule has 5 rings (SSSR count). The van der Waals surface area contributed by atoms with Crippen molar-refractivity contribution in [3.05, 3.63) is 83.1 Å². The molecule has 0 N–H and O–H groups in total. The lowest BCUT2D eigenvalue weighted by atomic mass is 10.1. The van der Waals surface area contributed by atoms with Crippen molar-refractivity contribution in [1.29, 1.82) is 0 Å². The Morgan fingerprint density at radius 2 is 1.27 bits per heavy atom. The Bertz CT molecular complexity index is 938. The molecule has 1 aromatic heterocycles. The van der Waals surface area contributed by atoms with Gasteiger partial charge in [0.05, 0.1) is 0 Å². The Balaban J connectivity index is 1.66. The van der Waals surface area contributed by atoms with Gasteiger partial charge in [-0.1, -0.05) is 48.9 Å². The predicted octanol–water partition coefficient (Wildman–Crippen LogP) is 6.45. The maximum Gasteiger partial charge on any atom is 0.285 e. The van der Waals surface area contributed by atoms with Gasteiger partial charge in [0.2, 0.25) is 0 Å². The number of para-hydroxylation sites is 2. The minimum absolute atomic E-state index is 0.110. The van der Waals surface area contributed by atoms with Crippen LogP contribution in [0.4, 0.5) is 11.4 Å². The smallest absolute Gasteiger partial charge is 0.285 e. The van der Waals surface area contributed by atoms with E-state index in [9.17, 15) is 0 Å². The van der Waals surface area contributed by atoms with Crippen molar-refractivity contribution in [2.45, 2.75) is 25.0 Å². The fourth-order valence-corrected chi connectivity index (χ4v) is 9.70. The zero-order chi connectivity index (χ0) is 20.4. The first-order chi connectivity index (χ1) is 14.8. The van der Waals surface area contributed by atoms with Crippen LogP contribution in [0.15, 0.2) is 78.2 Å². The summed E-state index contributed by atoms with van der Waals surface area (Å²) in [5.74, 6) is -0.110. The van der Waals surface area contributed by atoms with Crippen LogP contribution in [-0.2, 0) is 4.57 Å².